The molecule has 0 aromatic heterocycles. The molecule has 0 spiro atoms. The molecule has 1 saturated carbocycles. The Balaban J connectivity index is 0.00000243. The molecule has 26 heavy (non-hydrogen) atoms. The highest BCUT2D eigenvalue weighted by molar-refractivity contribution is 14.0. The van der Waals surface area contributed by atoms with Gasteiger partial charge < -0.3 is 15.4 Å². The van der Waals surface area contributed by atoms with Gasteiger partial charge in [0.2, 0.25) is 0 Å². The van der Waals surface area contributed by atoms with Crippen LogP contribution in [0.15, 0.2) is 29.3 Å². The van der Waals surface area contributed by atoms with Crippen LogP contribution >= 0.6 is 24.0 Å². The number of nitrogens with one attached hydrogen (secondary N) is 2. The summed E-state index contributed by atoms with van der Waals surface area (Å²) in [5.74, 6) is 0.940. The molecule has 1 aromatic rings. The minimum atomic E-state index is 0. The molecule has 0 unspecified atom stereocenters. The molecular weight excluding hydrogens is 439 g/mol. The van der Waals surface area contributed by atoms with Crippen molar-refractivity contribution in [2.45, 2.75) is 32.1 Å². The fourth-order valence-corrected chi connectivity index (χ4v) is 3.56. The van der Waals surface area contributed by atoms with E-state index in [4.69, 9.17) is 9.73 Å². The van der Waals surface area contributed by atoms with Crippen LogP contribution in [0.1, 0.15) is 30.9 Å². The molecule has 1 aliphatic carbocycles. The number of halogens is 1. The summed E-state index contributed by atoms with van der Waals surface area (Å²) in [4.78, 5) is 7.34. The highest BCUT2D eigenvalue weighted by atomic mass is 127. The maximum Gasteiger partial charge on any atom is 0.191 e. The summed E-state index contributed by atoms with van der Waals surface area (Å²) < 4.78 is 5.40. The second-order valence-electron chi connectivity index (χ2n) is 7.17. The highest BCUT2D eigenvalue weighted by Crippen LogP contribution is 2.49. The summed E-state index contributed by atoms with van der Waals surface area (Å²) in [5, 5.41) is 6.87. The Morgan fingerprint density at radius 3 is 2.58 bits per heavy atom. The van der Waals surface area contributed by atoms with Crippen molar-refractivity contribution in [3.05, 3.63) is 35.4 Å². The monoisotopic (exact) mass is 472 g/mol. The van der Waals surface area contributed by atoms with E-state index >= 15 is 0 Å². The van der Waals surface area contributed by atoms with Gasteiger partial charge in [0, 0.05) is 38.1 Å². The molecule has 146 valence electrons. The van der Waals surface area contributed by atoms with Gasteiger partial charge in [-0.05, 0) is 37.8 Å². The maximum absolute atomic E-state index is 5.40. The van der Waals surface area contributed by atoms with E-state index in [0.717, 1.165) is 58.4 Å². The minimum absolute atomic E-state index is 0. The normalized spacial score (nSPS) is 19.5. The average Bonchev–Trinajstić information content (AvgIpc) is 3.42. The van der Waals surface area contributed by atoms with E-state index in [-0.39, 0.29) is 29.4 Å². The van der Waals surface area contributed by atoms with Crippen LogP contribution in [-0.2, 0) is 10.2 Å². The van der Waals surface area contributed by atoms with Gasteiger partial charge in [0.1, 0.15) is 0 Å². The zero-order chi connectivity index (χ0) is 17.5. The number of hydrogen-bond acceptors (Lipinski definition) is 3. The molecule has 5 nitrogen and oxygen atoms in total. The van der Waals surface area contributed by atoms with Crippen molar-refractivity contribution in [2.75, 3.05) is 52.5 Å². The van der Waals surface area contributed by atoms with Crippen molar-refractivity contribution >= 4 is 29.9 Å². The third-order valence-electron chi connectivity index (χ3n) is 5.28. The Morgan fingerprint density at radius 2 is 1.92 bits per heavy atom. The summed E-state index contributed by atoms with van der Waals surface area (Å²) >= 11 is 0. The number of morpholine rings is 1. The highest BCUT2D eigenvalue weighted by Gasteiger charge is 2.44. The molecule has 3 rings (SSSR count). The van der Waals surface area contributed by atoms with Gasteiger partial charge in [-0.25, -0.2) is 0 Å². The van der Waals surface area contributed by atoms with Crippen LogP contribution < -0.4 is 10.6 Å². The number of aryl methyl sites for hydroxylation is 1. The molecule has 2 aliphatic rings. The lowest BCUT2D eigenvalue weighted by Gasteiger charge is -2.26. The third-order valence-corrected chi connectivity index (χ3v) is 5.28. The first-order valence-electron chi connectivity index (χ1n) is 9.62. The van der Waals surface area contributed by atoms with Crippen molar-refractivity contribution in [3.63, 3.8) is 0 Å². The number of benzene rings is 1. The van der Waals surface area contributed by atoms with E-state index in [2.05, 4.69) is 53.6 Å². The summed E-state index contributed by atoms with van der Waals surface area (Å²) in [7, 11) is 0. The third kappa shape index (κ3) is 5.82. The Morgan fingerprint density at radius 1 is 1.19 bits per heavy atom. The van der Waals surface area contributed by atoms with Crippen LogP contribution in [0.5, 0.6) is 0 Å². The Labute approximate surface area is 175 Å². The van der Waals surface area contributed by atoms with Gasteiger partial charge in [0.15, 0.2) is 5.96 Å². The number of guanidine groups is 1. The van der Waals surface area contributed by atoms with E-state index in [1.54, 1.807) is 0 Å². The van der Waals surface area contributed by atoms with E-state index in [0.29, 0.717) is 0 Å². The largest absolute Gasteiger partial charge is 0.379 e. The number of aliphatic imine (C=N–C) groups is 1. The fourth-order valence-electron chi connectivity index (χ4n) is 3.56. The van der Waals surface area contributed by atoms with Gasteiger partial charge in [0.25, 0.3) is 0 Å². The molecule has 1 aromatic carbocycles. The van der Waals surface area contributed by atoms with E-state index < -0.39 is 0 Å². The maximum atomic E-state index is 5.40. The van der Waals surface area contributed by atoms with Crippen LogP contribution in [0.25, 0.3) is 0 Å². The predicted octanol–water partition coefficient (Wildman–Crippen LogP) is 2.53. The Bertz CT molecular complexity index is 583. The first-order chi connectivity index (χ1) is 12.2. The van der Waals surface area contributed by atoms with Crippen molar-refractivity contribution in [3.8, 4) is 0 Å². The van der Waals surface area contributed by atoms with Crippen LogP contribution in [-0.4, -0.2) is 63.3 Å². The lowest BCUT2D eigenvalue weighted by Crippen LogP contribution is -2.44. The molecule has 2 N–H and O–H groups in total. The van der Waals surface area contributed by atoms with E-state index in [1.165, 1.54) is 24.0 Å². The zero-order valence-corrected chi connectivity index (χ0v) is 18.4. The first-order valence-corrected chi connectivity index (χ1v) is 9.62. The fraction of sp³-hybridized carbons (Fsp3) is 0.650. The number of ether oxygens (including phenoxy) is 1. The van der Waals surface area contributed by atoms with E-state index in [9.17, 15) is 0 Å². The smallest absolute Gasteiger partial charge is 0.191 e. The second kappa shape index (κ2) is 10.5. The molecule has 0 bridgehead atoms. The zero-order valence-electron chi connectivity index (χ0n) is 16.1. The molecule has 6 heteroatoms. The molecule has 0 radical (unpaired) electrons. The molecule has 1 aliphatic heterocycles. The molecule has 1 saturated heterocycles. The lowest BCUT2D eigenvalue weighted by molar-refractivity contribution is 0.0389. The van der Waals surface area contributed by atoms with Crippen LogP contribution in [0, 0.1) is 6.92 Å². The number of nitrogens with zero attached hydrogens (tertiary/aromatic N) is 2. The van der Waals surface area contributed by atoms with Crippen molar-refractivity contribution in [2.24, 2.45) is 4.99 Å². The second-order valence-corrected chi connectivity index (χ2v) is 7.17. The quantitative estimate of drug-likeness (QED) is 0.364. The SMILES string of the molecule is CCNC(=NCC1(c2ccccc2C)CC1)NCCN1CCOCC1.I. The van der Waals surface area contributed by atoms with Gasteiger partial charge in [-0.3, -0.25) is 9.89 Å². The minimum Gasteiger partial charge on any atom is -0.379 e. The summed E-state index contributed by atoms with van der Waals surface area (Å²) in [6.07, 6.45) is 2.49. The van der Waals surface area contributed by atoms with Gasteiger partial charge in [-0.15, -0.1) is 24.0 Å². The van der Waals surface area contributed by atoms with Gasteiger partial charge in [0.05, 0.1) is 19.8 Å². The molecule has 0 amide bonds. The van der Waals surface area contributed by atoms with Crippen molar-refractivity contribution in [1.29, 1.82) is 0 Å². The molecule has 2 fully saturated rings. The van der Waals surface area contributed by atoms with Gasteiger partial charge >= 0.3 is 0 Å². The summed E-state index contributed by atoms with van der Waals surface area (Å²) in [6, 6.07) is 8.76. The lowest BCUT2D eigenvalue weighted by atomic mass is 9.92. The summed E-state index contributed by atoms with van der Waals surface area (Å²) in [5.41, 5.74) is 3.13. The number of hydrogen-bond donors (Lipinski definition) is 2. The van der Waals surface area contributed by atoms with E-state index in [1.807, 2.05) is 0 Å². The van der Waals surface area contributed by atoms with Gasteiger partial charge in [-0.2, -0.15) is 0 Å². The van der Waals surface area contributed by atoms with Gasteiger partial charge in [-0.1, -0.05) is 24.3 Å². The van der Waals surface area contributed by atoms with Crippen LogP contribution in [0.3, 0.4) is 0 Å². The molecule has 1 heterocycles. The predicted molar refractivity (Wildman–Crippen MR) is 119 cm³/mol. The molecule has 0 atom stereocenters. The average molecular weight is 472 g/mol. The number of rotatable bonds is 7. The van der Waals surface area contributed by atoms with Crippen molar-refractivity contribution in [1.82, 2.24) is 15.5 Å². The topological polar surface area (TPSA) is 48.9 Å². The Hall–Kier alpha value is -0.860. The molecular formula is C20H33IN4O. The van der Waals surface area contributed by atoms with Crippen molar-refractivity contribution < 1.29 is 4.74 Å². The van der Waals surface area contributed by atoms with Crippen LogP contribution in [0.4, 0.5) is 0 Å². The standard InChI is InChI=1S/C20H32N4O.HI/c1-3-21-19(22-10-11-24-12-14-25-15-13-24)23-16-20(8-9-20)18-7-5-4-6-17(18)2;/h4-7H,3,8-16H2,1-2H3,(H2,21,22,23);1H. The first kappa shape index (κ1) is 21.4. The van der Waals surface area contributed by atoms with Crippen LogP contribution in [0.2, 0.25) is 0 Å². The summed E-state index contributed by atoms with van der Waals surface area (Å²) in [6.45, 7) is 11.8. The Kier molecular flexibility index (Phi) is 8.63.